The van der Waals surface area contributed by atoms with E-state index in [1.807, 2.05) is 5.32 Å². The normalized spacial score (nSPS) is 12.2. The standard InChI is InChI=1S/C17H10F6N4O3/c18-16(19,20)10-3-11(17(21,22)23)5-12(4-10)25-15(28)8-26-14-6-13(27(29)30)2-1-9(14)7-24-26/h1-7H,8H2,(H,25,28). The third kappa shape index (κ3) is 4.50. The maximum Gasteiger partial charge on any atom is 0.416 e. The Hall–Kier alpha value is -3.64. The molecule has 3 rings (SSSR count). The number of carbonyl (C=O) groups excluding carboxylic acids is 1. The lowest BCUT2D eigenvalue weighted by molar-refractivity contribution is -0.384. The van der Waals surface area contributed by atoms with Crippen molar-refractivity contribution in [2.45, 2.75) is 18.9 Å². The molecule has 2 aromatic carbocycles. The van der Waals surface area contributed by atoms with E-state index in [0.717, 1.165) is 10.7 Å². The van der Waals surface area contributed by atoms with Crippen LogP contribution in [0.15, 0.2) is 42.6 Å². The zero-order valence-corrected chi connectivity index (χ0v) is 14.6. The van der Waals surface area contributed by atoms with E-state index < -0.39 is 46.5 Å². The summed E-state index contributed by atoms with van der Waals surface area (Å²) in [6.07, 6.45) is -8.81. The molecule has 1 N–H and O–H groups in total. The van der Waals surface area contributed by atoms with Crippen LogP contribution in [0.5, 0.6) is 0 Å². The minimum absolute atomic E-state index is 0.0597. The quantitative estimate of drug-likeness (QED) is 0.370. The summed E-state index contributed by atoms with van der Waals surface area (Å²) in [6.45, 7) is -0.595. The molecule has 7 nitrogen and oxygen atoms in total. The predicted molar refractivity (Wildman–Crippen MR) is 91.5 cm³/mol. The first kappa shape index (κ1) is 21.1. The number of benzene rings is 2. The molecule has 0 unspecified atom stereocenters. The van der Waals surface area contributed by atoms with Crippen molar-refractivity contribution >= 4 is 28.2 Å². The van der Waals surface area contributed by atoms with Gasteiger partial charge in [-0.05, 0) is 24.3 Å². The summed E-state index contributed by atoms with van der Waals surface area (Å²) in [6, 6.07) is 4.43. The maximum atomic E-state index is 12.9. The van der Waals surface area contributed by atoms with E-state index in [2.05, 4.69) is 5.10 Å². The second kappa shape index (κ2) is 7.31. The van der Waals surface area contributed by atoms with Crippen molar-refractivity contribution in [3.8, 4) is 0 Å². The number of carbonyl (C=O) groups is 1. The number of nitrogens with one attached hydrogen (secondary N) is 1. The highest BCUT2D eigenvalue weighted by Crippen LogP contribution is 2.37. The zero-order valence-electron chi connectivity index (χ0n) is 14.6. The number of nitro benzene ring substituents is 1. The number of rotatable bonds is 4. The fraction of sp³-hybridized carbons (Fsp3) is 0.176. The number of nitro groups is 1. The molecule has 0 spiro atoms. The first-order valence-corrected chi connectivity index (χ1v) is 8.04. The Morgan fingerprint density at radius 1 is 1.03 bits per heavy atom. The molecule has 0 fully saturated rings. The Balaban J connectivity index is 1.88. The average molecular weight is 432 g/mol. The molecule has 1 aromatic heterocycles. The first-order valence-electron chi connectivity index (χ1n) is 8.04. The number of non-ortho nitro benzene ring substituents is 1. The minimum atomic E-state index is -5.06. The van der Waals surface area contributed by atoms with Crippen LogP contribution in [0.1, 0.15) is 11.1 Å². The summed E-state index contributed by atoms with van der Waals surface area (Å²) in [5.74, 6) is -0.973. The molecule has 0 radical (unpaired) electrons. The van der Waals surface area contributed by atoms with Gasteiger partial charge in [0, 0.05) is 23.2 Å². The number of halogens is 6. The number of anilines is 1. The van der Waals surface area contributed by atoms with Crippen molar-refractivity contribution in [1.82, 2.24) is 9.78 Å². The highest BCUT2D eigenvalue weighted by Gasteiger charge is 2.37. The SMILES string of the molecule is O=C(Cn1ncc2ccc([N+](=O)[O-])cc21)Nc1cc(C(F)(F)F)cc(C(F)(F)F)c1. The monoisotopic (exact) mass is 432 g/mol. The van der Waals surface area contributed by atoms with E-state index in [0.29, 0.717) is 17.5 Å². The lowest BCUT2D eigenvalue weighted by atomic mass is 10.1. The van der Waals surface area contributed by atoms with Gasteiger partial charge in [-0.2, -0.15) is 31.4 Å². The van der Waals surface area contributed by atoms with Crippen LogP contribution in [0.25, 0.3) is 10.9 Å². The largest absolute Gasteiger partial charge is 0.416 e. The Bertz CT molecular complexity index is 1100. The van der Waals surface area contributed by atoms with Crippen LogP contribution in [0.4, 0.5) is 37.7 Å². The topological polar surface area (TPSA) is 90.1 Å². The van der Waals surface area contributed by atoms with Crippen molar-refractivity contribution in [2.24, 2.45) is 0 Å². The van der Waals surface area contributed by atoms with Gasteiger partial charge in [0.1, 0.15) is 6.54 Å². The molecule has 13 heteroatoms. The van der Waals surface area contributed by atoms with Crippen LogP contribution >= 0.6 is 0 Å². The molecule has 0 atom stereocenters. The first-order chi connectivity index (χ1) is 13.8. The Morgan fingerprint density at radius 2 is 1.63 bits per heavy atom. The fourth-order valence-electron chi connectivity index (χ4n) is 2.66. The summed E-state index contributed by atoms with van der Waals surface area (Å²) in [7, 11) is 0. The second-order valence-corrected chi connectivity index (χ2v) is 6.15. The molecule has 0 bridgehead atoms. The Kier molecular flexibility index (Phi) is 5.14. The number of hydrogen-bond donors (Lipinski definition) is 1. The fourth-order valence-corrected chi connectivity index (χ4v) is 2.66. The van der Waals surface area contributed by atoms with E-state index in [4.69, 9.17) is 0 Å². The number of nitrogens with zero attached hydrogens (tertiary/aromatic N) is 3. The zero-order chi connectivity index (χ0) is 22.3. The van der Waals surface area contributed by atoms with E-state index in [1.54, 1.807) is 0 Å². The van der Waals surface area contributed by atoms with Gasteiger partial charge in [0.2, 0.25) is 5.91 Å². The van der Waals surface area contributed by atoms with Crippen molar-refractivity contribution in [3.63, 3.8) is 0 Å². The lowest BCUT2D eigenvalue weighted by Gasteiger charge is -2.15. The van der Waals surface area contributed by atoms with Gasteiger partial charge in [0.25, 0.3) is 5.69 Å². The molecule has 0 aliphatic rings. The summed E-state index contributed by atoms with van der Waals surface area (Å²) in [4.78, 5) is 22.4. The summed E-state index contributed by atoms with van der Waals surface area (Å²) in [5, 5.41) is 17.2. The van der Waals surface area contributed by atoms with Crippen LogP contribution in [-0.4, -0.2) is 20.6 Å². The molecule has 0 saturated carbocycles. The van der Waals surface area contributed by atoms with E-state index >= 15 is 0 Å². The number of alkyl halides is 6. The highest BCUT2D eigenvalue weighted by molar-refractivity contribution is 5.92. The second-order valence-electron chi connectivity index (χ2n) is 6.15. The number of fused-ring (bicyclic) bond motifs is 1. The predicted octanol–water partition coefficient (Wildman–Crippen LogP) is 4.62. The van der Waals surface area contributed by atoms with Crippen LogP contribution in [0.2, 0.25) is 0 Å². The van der Waals surface area contributed by atoms with Gasteiger partial charge in [0.15, 0.2) is 0 Å². The lowest BCUT2D eigenvalue weighted by Crippen LogP contribution is -2.20. The average Bonchev–Trinajstić information content (AvgIpc) is 3.02. The highest BCUT2D eigenvalue weighted by atomic mass is 19.4. The van der Waals surface area contributed by atoms with Crippen LogP contribution in [-0.2, 0) is 23.7 Å². The smallest absolute Gasteiger partial charge is 0.324 e. The molecule has 0 aliphatic carbocycles. The van der Waals surface area contributed by atoms with Gasteiger partial charge in [-0.15, -0.1) is 0 Å². The molecule has 1 amide bonds. The molecular formula is C17H10F6N4O3. The van der Waals surface area contributed by atoms with Gasteiger partial charge >= 0.3 is 12.4 Å². The van der Waals surface area contributed by atoms with Crippen LogP contribution < -0.4 is 5.32 Å². The van der Waals surface area contributed by atoms with E-state index in [1.165, 1.54) is 18.3 Å². The van der Waals surface area contributed by atoms with E-state index in [-0.39, 0.29) is 17.3 Å². The molecule has 30 heavy (non-hydrogen) atoms. The van der Waals surface area contributed by atoms with Gasteiger partial charge < -0.3 is 5.32 Å². The summed E-state index contributed by atoms with van der Waals surface area (Å²) in [5.41, 5.74) is -3.94. The van der Waals surface area contributed by atoms with Gasteiger partial charge in [-0.3, -0.25) is 19.6 Å². The van der Waals surface area contributed by atoms with Crippen LogP contribution in [0, 0.1) is 10.1 Å². The summed E-state index contributed by atoms with van der Waals surface area (Å²) < 4.78 is 78.5. The van der Waals surface area contributed by atoms with Crippen LogP contribution in [0.3, 0.4) is 0 Å². The molecule has 158 valence electrons. The Morgan fingerprint density at radius 3 is 2.17 bits per heavy atom. The molecular weight excluding hydrogens is 422 g/mol. The van der Waals surface area contributed by atoms with Gasteiger partial charge in [-0.1, -0.05) is 0 Å². The van der Waals surface area contributed by atoms with Crippen molar-refractivity contribution in [1.29, 1.82) is 0 Å². The third-order valence-corrected chi connectivity index (χ3v) is 4.00. The summed E-state index contributed by atoms with van der Waals surface area (Å²) >= 11 is 0. The molecule has 0 aliphatic heterocycles. The Labute approximate surface area is 163 Å². The van der Waals surface area contributed by atoms with Gasteiger partial charge in [-0.25, -0.2) is 0 Å². The number of aromatic nitrogens is 2. The maximum absolute atomic E-state index is 12.9. The van der Waals surface area contributed by atoms with Crippen molar-refractivity contribution in [3.05, 3.63) is 63.8 Å². The molecule has 3 aromatic rings. The minimum Gasteiger partial charge on any atom is -0.324 e. The number of hydrogen-bond acceptors (Lipinski definition) is 4. The van der Waals surface area contributed by atoms with Gasteiger partial charge in [0.05, 0.1) is 27.8 Å². The van der Waals surface area contributed by atoms with Crippen molar-refractivity contribution < 1.29 is 36.1 Å². The number of amides is 1. The molecule has 1 heterocycles. The third-order valence-electron chi connectivity index (χ3n) is 4.00. The van der Waals surface area contributed by atoms with Crippen molar-refractivity contribution in [2.75, 3.05) is 5.32 Å². The van der Waals surface area contributed by atoms with E-state index in [9.17, 15) is 41.3 Å². The molecule has 0 saturated heterocycles.